The number of aromatic nitrogens is 1. The normalized spacial score (nSPS) is 17.6. The highest BCUT2D eigenvalue weighted by atomic mass is 19.4. The molecule has 0 bridgehead atoms. The molecule has 1 saturated heterocycles. The second-order valence-electron chi connectivity index (χ2n) is 10.4. The van der Waals surface area contributed by atoms with Gasteiger partial charge in [-0.1, -0.05) is 48.5 Å². The van der Waals surface area contributed by atoms with Crippen molar-refractivity contribution in [3.8, 4) is 5.75 Å². The zero-order valence-electron chi connectivity index (χ0n) is 22.4. The number of rotatable bonds is 5. The number of hydrogen-bond acceptors (Lipinski definition) is 4. The van der Waals surface area contributed by atoms with E-state index in [9.17, 15) is 41.0 Å². The number of para-hydroxylation sites is 1. The van der Waals surface area contributed by atoms with E-state index in [-0.39, 0.29) is 43.2 Å². The first-order valence-corrected chi connectivity index (χ1v) is 13.3. The fraction of sp³-hybridized carbons (Fsp3) is 0.258. The number of fused-ring (bicyclic) bond motifs is 1. The minimum absolute atomic E-state index is 0.0157. The number of benzene rings is 3. The summed E-state index contributed by atoms with van der Waals surface area (Å²) >= 11 is 0. The van der Waals surface area contributed by atoms with Crippen molar-refractivity contribution >= 4 is 22.7 Å². The number of aromatic hydroxyl groups is 1. The maximum Gasteiger partial charge on any atom is 0.416 e. The summed E-state index contributed by atoms with van der Waals surface area (Å²) in [6, 6.07) is 15.3. The summed E-state index contributed by atoms with van der Waals surface area (Å²) in [7, 11) is 0. The first-order valence-electron chi connectivity index (χ1n) is 13.3. The summed E-state index contributed by atoms with van der Waals surface area (Å²) in [5.74, 6) is -1.87. The minimum Gasteiger partial charge on any atom is -0.505 e. The molecule has 43 heavy (non-hydrogen) atoms. The maximum atomic E-state index is 13.6. The number of carbonyl (C=O) groups excluding carboxylic acids is 2. The molecule has 0 saturated carbocycles. The van der Waals surface area contributed by atoms with Crippen LogP contribution >= 0.6 is 0 Å². The van der Waals surface area contributed by atoms with E-state index < -0.39 is 52.9 Å². The number of piperidine rings is 1. The molecule has 1 fully saturated rings. The molecule has 4 aromatic rings. The van der Waals surface area contributed by atoms with E-state index in [0.717, 1.165) is 5.56 Å². The van der Waals surface area contributed by atoms with Crippen molar-refractivity contribution in [2.24, 2.45) is 0 Å². The Bertz CT molecular complexity index is 1620. The summed E-state index contributed by atoms with van der Waals surface area (Å²) in [6.07, 6.45) is -8.44. The van der Waals surface area contributed by atoms with Crippen molar-refractivity contribution in [3.05, 3.63) is 107 Å². The molecule has 5 rings (SSSR count). The highest BCUT2D eigenvalue weighted by Gasteiger charge is 2.39. The van der Waals surface area contributed by atoms with Gasteiger partial charge in [-0.05, 0) is 49.1 Å². The Labute approximate surface area is 242 Å². The van der Waals surface area contributed by atoms with E-state index in [2.05, 4.69) is 10.3 Å². The van der Waals surface area contributed by atoms with E-state index in [1.807, 2.05) is 0 Å². The van der Waals surface area contributed by atoms with E-state index >= 15 is 0 Å². The Morgan fingerprint density at radius 1 is 0.907 bits per heavy atom. The van der Waals surface area contributed by atoms with E-state index in [4.69, 9.17) is 0 Å². The lowest BCUT2D eigenvalue weighted by atomic mass is 9.90. The van der Waals surface area contributed by atoms with Crippen LogP contribution in [0, 0.1) is 0 Å². The van der Waals surface area contributed by atoms with Gasteiger partial charge in [0.05, 0.1) is 28.4 Å². The van der Waals surface area contributed by atoms with Crippen molar-refractivity contribution in [1.29, 1.82) is 0 Å². The molecule has 2 amide bonds. The predicted molar refractivity (Wildman–Crippen MR) is 145 cm³/mol. The molecule has 224 valence electrons. The lowest BCUT2D eigenvalue weighted by molar-refractivity contribution is -0.143. The standard InChI is InChI=1S/C31H25F6N3O3/c32-30(33,34)20-13-19(14-21(15-20)31(35,36)37)29(43)40-11-10-22(16-23(40)12-18-6-2-1-3-7-18)39-28(42)27-24-8-4-5-9-25(24)38-17-26(27)41/h1-9,13-15,17,22-23,41H,10-12,16H2,(H,39,42). The van der Waals surface area contributed by atoms with Gasteiger partial charge in [-0.25, -0.2) is 0 Å². The maximum absolute atomic E-state index is 13.6. The van der Waals surface area contributed by atoms with Crippen LogP contribution in [0.15, 0.2) is 79.0 Å². The fourth-order valence-corrected chi connectivity index (χ4v) is 5.40. The van der Waals surface area contributed by atoms with Crippen LogP contribution in [-0.2, 0) is 18.8 Å². The molecule has 12 heteroatoms. The number of pyridine rings is 1. The zero-order valence-corrected chi connectivity index (χ0v) is 22.4. The number of likely N-dealkylation sites (tertiary alicyclic amines) is 1. The van der Waals surface area contributed by atoms with Gasteiger partial charge in [0.25, 0.3) is 11.8 Å². The lowest BCUT2D eigenvalue weighted by Crippen LogP contribution is -2.52. The molecule has 2 heterocycles. The van der Waals surface area contributed by atoms with Crippen molar-refractivity contribution < 1.29 is 41.0 Å². The fourth-order valence-electron chi connectivity index (χ4n) is 5.40. The number of nitrogens with zero attached hydrogens (tertiary/aromatic N) is 2. The quantitative estimate of drug-likeness (QED) is 0.252. The summed E-state index contributed by atoms with van der Waals surface area (Å²) in [5, 5.41) is 13.7. The second-order valence-corrected chi connectivity index (χ2v) is 10.4. The number of hydrogen-bond donors (Lipinski definition) is 2. The first kappa shape index (κ1) is 29.9. The van der Waals surface area contributed by atoms with Gasteiger partial charge >= 0.3 is 12.4 Å². The zero-order chi connectivity index (χ0) is 30.9. The Morgan fingerprint density at radius 3 is 2.19 bits per heavy atom. The Kier molecular flexibility index (Phi) is 8.04. The van der Waals surface area contributed by atoms with Crippen molar-refractivity contribution in [3.63, 3.8) is 0 Å². The lowest BCUT2D eigenvalue weighted by Gasteiger charge is -2.40. The number of halogens is 6. The molecule has 6 nitrogen and oxygen atoms in total. The molecule has 0 radical (unpaired) electrons. The van der Waals surface area contributed by atoms with Crippen LogP contribution < -0.4 is 5.32 Å². The Morgan fingerprint density at radius 2 is 1.53 bits per heavy atom. The third kappa shape index (κ3) is 6.58. The van der Waals surface area contributed by atoms with Gasteiger partial charge < -0.3 is 15.3 Å². The Balaban J connectivity index is 1.44. The number of nitrogens with one attached hydrogen (secondary N) is 1. The van der Waals surface area contributed by atoms with Crippen molar-refractivity contribution in [2.75, 3.05) is 6.54 Å². The average Bonchev–Trinajstić information content (AvgIpc) is 2.96. The van der Waals surface area contributed by atoms with Crippen LogP contribution in [0.5, 0.6) is 5.75 Å². The molecule has 1 aromatic heterocycles. The molecule has 2 N–H and O–H groups in total. The first-order chi connectivity index (χ1) is 20.3. The predicted octanol–water partition coefficient (Wildman–Crippen LogP) is 6.62. The van der Waals surface area contributed by atoms with E-state index in [0.29, 0.717) is 23.0 Å². The summed E-state index contributed by atoms with van der Waals surface area (Å²) in [5.41, 5.74) is -2.57. The van der Waals surface area contributed by atoms with Gasteiger partial charge in [-0.2, -0.15) is 26.3 Å². The van der Waals surface area contributed by atoms with Gasteiger partial charge in [0.15, 0.2) is 0 Å². The molecular weight excluding hydrogens is 576 g/mol. The van der Waals surface area contributed by atoms with Gasteiger partial charge in [-0.3, -0.25) is 14.6 Å². The van der Waals surface area contributed by atoms with E-state index in [1.165, 1.54) is 11.1 Å². The molecule has 2 unspecified atom stereocenters. The summed E-state index contributed by atoms with van der Waals surface area (Å²) < 4.78 is 80.9. The highest BCUT2D eigenvalue weighted by molar-refractivity contribution is 6.08. The van der Waals surface area contributed by atoms with Crippen LogP contribution in [0.25, 0.3) is 10.9 Å². The van der Waals surface area contributed by atoms with E-state index in [1.54, 1.807) is 54.6 Å². The van der Waals surface area contributed by atoms with Crippen LogP contribution in [0.1, 0.15) is 50.2 Å². The highest BCUT2D eigenvalue weighted by Crippen LogP contribution is 2.37. The van der Waals surface area contributed by atoms with Gasteiger partial charge in [0.1, 0.15) is 5.75 Å². The molecule has 3 aromatic carbocycles. The second kappa shape index (κ2) is 11.6. The SMILES string of the molecule is O=C(NC1CCN(C(=O)c2cc(C(F)(F)F)cc(C(F)(F)F)c2)C(Cc2ccccc2)C1)c1c(O)cnc2ccccc12. The van der Waals surface area contributed by atoms with Gasteiger partial charge in [0, 0.05) is 29.6 Å². The molecule has 0 aliphatic carbocycles. The third-order valence-corrected chi connectivity index (χ3v) is 7.44. The molecule has 1 aliphatic rings. The monoisotopic (exact) mass is 601 g/mol. The van der Waals surface area contributed by atoms with Crippen LogP contribution in [0.2, 0.25) is 0 Å². The third-order valence-electron chi connectivity index (χ3n) is 7.44. The molecule has 2 atom stereocenters. The van der Waals surface area contributed by atoms with Crippen LogP contribution in [0.4, 0.5) is 26.3 Å². The summed E-state index contributed by atoms with van der Waals surface area (Å²) in [4.78, 5) is 32.3. The topological polar surface area (TPSA) is 82.5 Å². The van der Waals surface area contributed by atoms with Crippen molar-refractivity contribution in [2.45, 2.75) is 43.7 Å². The largest absolute Gasteiger partial charge is 0.505 e. The number of amides is 2. The minimum atomic E-state index is -5.10. The Hall–Kier alpha value is -4.61. The average molecular weight is 602 g/mol. The van der Waals surface area contributed by atoms with Crippen molar-refractivity contribution in [1.82, 2.24) is 15.2 Å². The smallest absolute Gasteiger partial charge is 0.416 e. The molecule has 0 spiro atoms. The van der Waals surface area contributed by atoms with Crippen LogP contribution in [-0.4, -0.2) is 45.4 Å². The van der Waals surface area contributed by atoms with Gasteiger partial charge in [-0.15, -0.1) is 0 Å². The summed E-state index contributed by atoms with van der Waals surface area (Å²) in [6.45, 7) is -0.0397. The number of carbonyl (C=O) groups is 2. The molecular formula is C31H25F6N3O3. The number of alkyl halides is 6. The van der Waals surface area contributed by atoms with Gasteiger partial charge in [0.2, 0.25) is 0 Å². The molecule has 1 aliphatic heterocycles. The van der Waals surface area contributed by atoms with Crippen LogP contribution in [0.3, 0.4) is 0 Å².